The van der Waals surface area contributed by atoms with Crippen LogP contribution in [0.5, 0.6) is 0 Å². The highest BCUT2D eigenvalue weighted by Gasteiger charge is 2.11. The Morgan fingerprint density at radius 1 is 1.00 bits per heavy atom. The third kappa shape index (κ3) is 6.51. The van der Waals surface area contributed by atoms with E-state index in [0.29, 0.717) is 23.2 Å². The number of amides is 1. The number of nitrogens with zero attached hydrogens (tertiary/aromatic N) is 3. The van der Waals surface area contributed by atoms with Gasteiger partial charge in [0.2, 0.25) is 5.89 Å². The number of halogens is 2. The van der Waals surface area contributed by atoms with Crippen molar-refractivity contribution in [2.45, 2.75) is 25.7 Å². The molecule has 7 nitrogen and oxygen atoms in total. The second-order valence-electron chi connectivity index (χ2n) is 7.63. The van der Waals surface area contributed by atoms with Crippen LogP contribution in [0.4, 0.5) is 16.1 Å². The predicted molar refractivity (Wildman–Crippen MR) is 125 cm³/mol. The summed E-state index contributed by atoms with van der Waals surface area (Å²) in [4.78, 5) is 14.7. The number of aromatic nitrogens is 2. The van der Waals surface area contributed by atoms with Gasteiger partial charge in [0.05, 0.1) is 0 Å². The zero-order chi connectivity index (χ0) is 21.5. The second kappa shape index (κ2) is 11.6. The smallest absolute Gasteiger partial charge is 0.315 e. The van der Waals surface area contributed by atoms with E-state index in [1.165, 1.54) is 56.6 Å². The summed E-state index contributed by atoms with van der Waals surface area (Å²) in [5, 5.41) is 14.1. The zero-order valence-electron chi connectivity index (χ0n) is 17.7. The van der Waals surface area contributed by atoms with Crippen LogP contribution in [0, 0.1) is 5.82 Å². The van der Waals surface area contributed by atoms with Gasteiger partial charge in [0.25, 0.3) is 5.91 Å². The van der Waals surface area contributed by atoms with E-state index < -0.39 is 0 Å². The molecule has 1 amide bonds. The van der Waals surface area contributed by atoms with E-state index in [1.54, 1.807) is 24.3 Å². The van der Waals surface area contributed by atoms with E-state index in [0.717, 1.165) is 25.1 Å². The van der Waals surface area contributed by atoms with E-state index in [4.69, 9.17) is 4.42 Å². The van der Waals surface area contributed by atoms with Crippen LogP contribution in [0.1, 0.15) is 36.0 Å². The summed E-state index contributed by atoms with van der Waals surface area (Å²) in [5.74, 6) is -0.271. The lowest BCUT2D eigenvalue weighted by molar-refractivity contribution is 0.102. The van der Waals surface area contributed by atoms with E-state index in [2.05, 4.69) is 25.7 Å². The van der Waals surface area contributed by atoms with Crippen LogP contribution in [0.15, 0.2) is 52.9 Å². The average Bonchev–Trinajstić information content (AvgIpc) is 3.27. The van der Waals surface area contributed by atoms with Gasteiger partial charge >= 0.3 is 6.01 Å². The van der Waals surface area contributed by atoms with Gasteiger partial charge in [-0.1, -0.05) is 11.5 Å². The summed E-state index contributed by atoms with van der Waals surface area (Å²) in [6, 6.07) is 12.9. The van der Waals surface area contributed by atoms with Crippen molar-refractivity contribution in [1.82, 2.24) is 15.1 Å². The first-order valence-corrected chi connectivity index (χ1v) is 10.6. The molecule has 2 aromatic carbocycles. The van der Waals surface area contributed by atoms with Crippen LogP contribution in [0.25, 0.3) is 11.5 Å². The van der Waals surface area contributed by atoms with Gasteiger partial charge in [-0.15, -0.1) is 17.5 Å². The number of benzene rings is 2. The van der Waals surface area contributed by atoms with Crippen molar-refractivity contribution >= 4 is 30.0 Å². The van der Waals surface area contributed by atoms with Crippen molar-refractivity contribution in [2.24, 2.45) is 0 Å². The Morgan fingerprint density at radius 2 is 1.72 bits per heavy atom. The summed E-state index contributed by atoms with van der Waals surface area (Å²) in [5.41, 5.74) is 1.76. The second-order valence-corrected chi connectivity index (χ2v) is 7.63. The van der Waals surface area contributed by atoms with Gasteiger partial charge in [-0.2, -0.15) is 0 Å². The maximum absolute atomic E-state index is 13.0. The standard InChI is InChI=1S/C23H26FN5O2.ClH/c24-19-9-5-17(6-10-19)21(30)26-20-11-7-18(8-12-20)22-27-28-23(31-22)25-13-4-16-29-14-2-1-3-15-29;/h5-12H,1-4,13-16H2,(H,25,28)(H,26,30);1H. The maximum Gasteiger partial charge on any atom is 0.315 e. The Labute approximate surface area is 192 Å². The quantitative estimate of drug-likeness (QED) is 0.469. The first-order chi connectivity index (χ1) is 15.2. The first kappa shape index (κ1) is 23.7. The van der Waals surface area contributed by atoms with E-state index >= 15 is 0 Å². The highest BCUT2D eigenvalue weighted by atomic mass is 35.5. The molecule has 4 rings (SSSR count). The molecule has 2 N–H and O–H groups in total. The Morgan fingerprint density at radius 3 is 2.44 bits per heavy atom. The zero-order valence-corrected chi connectivity index (χ0v) is 18.5. The lowest BCUT2D eigenvalue weighted by Crippen LogP contribution is -2.31. The Kier molecular flexibility index (Phi) is 8.58. The van der Waals surface area contributed by atoms with Gasteiger partial charge in [-0.3, -0.25) is 4.79 Å². The lowest BCUT2D eigenvalue weighted by Gasteiger charge is -2.26. The van der Waals surface area contributed by atoms with Crippen LogP contribution < -0.4 is 10.6 Å². The van der Waals surface area contributed by atoms with Crippen LogP contribution in [-0.4, -0.2) is 47.2 Å². The van der Waals surface area contributed by atoms with Crippen molar-refractivity contribution in [3.8, 4) is 11.5 Å². The molecular weight excluding hydrogens is 433 g/mol. The minimum absolute atomic E-state index is 0. The summed E-state index contributed by atoms with van der Waals surface area (Å²) in [6.07, 6.45) is 4.98. The molecule has 1 aliphatic heterocycles. The van der Waals surface area contributed by atoms with Gasteiger partial charge < -0.3 is 20.0 Å². The van der Waals surface area contributed by atoms with Crippen molar-refractivity contribution in [3.63, 3.8) is 0 Å². The normalized spacial score (nSPS) is 13.9. The number of rotatable bonds is 8. The Balaban J connectivity index is 0.00000289. The minimum Gasteiger partial charge on any atom is -0.403 e. The fraction of sp³-hybridized carbons (Fsp3) is 0.348. The SMILES string of the molecule is Cl.O=C(Nc1ccc(-c2nnc(NCCCN3CCCCC3)o2)cc1)c1ccc(F)cc1. The predicted octanol–water partition coefficient (Wildman–Crippen LogP) is 4.84. The summed E-state index contributed by atoms with van der Waals surface area (Å²) in [6.45, 7) is 4.27. The molecule has 0 radical (unpaired) electrons. The van der Waals surface area contributed by atoms with Crippen LogP contribution >= 0.6 is 12.4 Å². The number of hydrogen-bond acceptors (Lipinski definition) is 6. The van der Waals surface area contributed by atoms with Gasteiger partial charge in [-0.25, -0.2) is 4.39 Å². The number of likely N-dealkylation sites (tertiary alicyclic amines) is 1. The molecule has 0 atom stereocenters. The molecule has 0 aliphatic carbocycles. The molecule has 3 aromatic rings. The van der Waals surface area contributed by atoms with Crippen molar-refractivity contribution in [2.75, 3.05) is 36.8 Å². The molecule has 1 aromatic heterocycles. The van der Waals surface area contributed by atoms with Crippen molar-refractivity contribution < 1.29 is 13.6 Å². The monoisotopic (exact) mass is 459 g/mol. The first-order valence-electron chi connectivity index (χ1n) is 10.6. The largest absolute Gasteiger partial charge is 0.403 e. The van der Waals surface area contributed by atoms with Crippen molar-refractivity contribution in [3.05, 3.63) is 59.9 Å². The summed E-state index contributed by atoms with van der Waals surface area (Å²) >= 11 is 0. The number of carbonyl (C=O) groups is 1. The average molecular weight is 460 g/mol. The molecule has 1 fully saturated rings. The molecule has 9 heteroatoms. The van der Waals surface area contributed by atoms with Crippen LogP contribution in [-0.2, 0) is 0 Å². The molecule has 0 bridgehead atoms. The number of anilines is 2. The summed E-state index contributed by atoms with van der Waals surface area (Å²) in [7, 11) is 0. The maximum atomic E-state index is 13.0. The van der Waals surface area contributed by atoms with E-state index in [1.807, 2.05) is 0 Å². The third-order valence-electron chi connectivity index (χ3n) is 5.30. The van der Waals surface area contributed by atoms with Gasteiger partial charge in [0.1, 0.15) is 5.82 Å². The molecule has 0 unspecified atom stereocenters. The van der Waals surface area contributed by atoms with Gasteiger partial charge in [0, 0.05) is 23.4 Å². The number of nitrogens with one attached hydrogen (secondary N) is 2. The van der Waals surface area contributed by atoms with Gasteiger partial charge in [0.15, 0.2) is 0 Å². The molecule has 0 spiro atoms. The lowest BCUT2D eigenvalue weighted by atomic mass is 10.1. The van der Waals surface area contributed by atoms with E-state index in [9.17, 15) is 9.18 Å². The van der Waals surface area contributed by atoms with Crippen LogP contribution in [0.2, 0.25) is 0 Å². The molecule has 1 saturated heterocycles. The number of carbonyl (C=O) groups excluding carboxylic acids is 1. The molecule has 1 aliphatic rings. The molecule has 32 heavy (non-hydrogen) atoms. The van der Waals surface area contributed by atoms with E-state index in [-0.39, 0.29) is 24.1 Å². The van der Waals surface area contributed by atoms with Crippen molar-refractivity contribution in [1.29, 1.82) is 0 Å². The molecule has 0 saturated carbocycles. The third-order valence-corrected chi connectivity index (χ3v) is 5.30. The highest BCUT2D eigenvalue weighted by Crippen LogP contribution is 2.22. The Bertz CT molecular complexity index is 988. The van der Waals surface area contributed by atoms with Crippen LogP contribution in [0.3, 0.4) is 0 Å². The number of piperidine rings is 1. The fourth-order valence-corrected chi connectivity index (χ4v) is 3.59. The molecule has 2 heterocycles. The summed E-state index contributed by atoms with van der Waals surface area (Å²) < 4.78 is 18.7. The molecular formula is C23H27ClFN5O2. The Hall–Kier alpha value is -2.97. The topological polar surface area (TPSA) is 83.3 Å². The molecule has 170 valence electrons. The fourth-order valence-electron chi connectivity index (χ4n) is 3.59. The number of hydrogen-bond donors (Lipinski definition) is 2. The highest BCUT2D eigenvalue weighted by molar-refractivity contribution is 6.04. The minimum atomic E-state index is -0.378. The van der Waals surface area contributed by atoms with Gasteiger partial charge in [-0.05, 0) is 87.4 Å².